The zero-order valence-corrected chi connectivity index (χ0v) is 19.4. The number of nitriles is 1. The number of aromatic nitrogens is 1. The Balaban J connectivity index is 2.11. The normalized spacial score (nSPS) is 14.3. The molecule has 2 aromatic rings. The second-order valence-electron chi connectivity index (χ2n) is 8.32. The first kappa shape index (κ1) is 22.0. The summed E-state index contributed by atoms with van der Waals surface area (Å²) in [6.07, 6.45) is 0.868. The summed E-state index contributed by atoms with van der Waals surface area (Å²) in [6, 6.07) is 4.64. The Kier molecular flexibility index (Phi) is 6.79. The number of ether oxygens (including phenoxy) is 2. The molecule has 1 N–H and O–H groups in total. The van der Waals surface area contributed by atoms with Gasteiger partial charge in [-0.2, -0.15) is 5.26 Å². The van der Waals surface area contributed by atoms with Gasteiger partial charge in [-0.15, -0.1) is 0 Å². The van der Waals surface area contributed by atoms with E-state index < -0.39 is 8.07 Å². The fourth-order valence-corrected chi connectivity index (χ4v) is 4.69. The Morgan fingerprint density at radius 1 is 1.34 bits per heavy atom. The van der Waals surface area contributed by atoms with Crippen LogP contribution in [0.3, 0.4) is 0 Å². The number of hydrogen-bond acceptors (Lipinski definition) is 4. The van der Waals surface area contributed by atoms with E-state index in [9.17, 15) is 4.79 Å². The summed E-state index contributed by atoms with van der Waals surface area (Å²) in [7, 11) is -1.21. The largest absolute Gasteiger partial charge is 0.478 e. The number of carbonyl (C=O) groups is 1. The molecule has 0 saturated carbocycles. The first-order chi connectivity index (χ1) is 13.7. The molecule has 3 rings (SSSR count). The molecule has 6 nitrogen and oxygen atoms in total. The number of nitrogens with one attached hydrogen (secondary N) is 1. The first-order valence-corrected chi connectivity index (χ1v) is 14.1. The fourth-order valence-electron chi connectivity index (χ4n) is 3.50. The highest BCUT2D eigenvalue weighted by Crippen LogP contribution is 2.43. The molecule has 1 aliphatic heterocycles. The van der Waals surface area contributed by atoms with Crippen LogP contribution in [0.1, 0.15) is 11.3 Å². The minimum atomic E-state index is -1.21. The van der Waals surface area contributed by atoms with Gasteiger partial charge >= 0.3 is 0 Å². The molecular formula is C20H25Cl2N3O3Si. The van der Waals surface area contributed by atoms with Crippen LogP contribution in [0.2, 0.25) is 35.7 Å². The average molecular weight is 454 g/mol. The molecule has 0 aliphatic carbocycles. The Hall–Kier alpha value is -1.72. The lowest BCUT2D eigenvalue weighted by molar-refractivity contribution is -0.120. The van der Waals surface area contributed by atoms with Crippen LogP contribution in [0.4, 0.5) is 0 Å². The Morgan fingerprint density at radius 2 is 2.10 bits per heavy atom. The number of nitrogens with zero attached hydrogens (tertiary/aromatic N) is 2. The summed E-state index contributed by atoms with van der Waals surface area (Å²) in [5.41, 5.74) is 2.53. The Labute approximate surface area is 181 Å². The Morgan fingerprint density at radius 3 is 2.79 bits per heavy atom. The van der Waals surface area contributed by atoms with Gasteiger partial charge in [0.1, 0.15) is 18.5 Å². The molecule has 0 atom stereocenters. The monoisotopic (exact) mass is 453 g/mol. The molecule has 0 bridgehead atoms. The molecule has 0 radical (unpaired) electrons. The molecule has 1 amide bonds. The van der Waals surface area contributed by atoms with E-state index in [0.29, 0.717) is 47.6 Å². The first-order valence-electron chi connectivity index (χ1n) is 9.59. The number of carbonyl (C=O) groups excluding carboxylic acids is 1. The molecule has 2 heterocycles. The maximum atomic E-state index is 12.2. The highest BCUT2D eigenvalue weighted by atomic mass is 35.5. The average Bonchev–Trinajstić information content (AvgIpc) is 2.80. The van der Waals surface area contributed by atoms with E-state index in [1.165, 1.54) is 0 Å². The molecule has 1 aliphatic rings. The van der Waals surface area contributed by atoms with E-state index in [0.717, 1.165) is 22.7 Å². The minimum Gasteiger partial charge on any atom is -0.478 e. The highest BCUT2D eigenvalue weighted by Gasteiger charge is 2.27. The van der Waals surface area contributed by atoms with E-state index in [2.05, 4.69) is 25.0 Å². The van der Waals surface area contributed by atoms with E-state index in [1.807, 2.05) is 10.6 Å². The molecule has 9 heteroatoms. The van der Waals surface area contributed by atoms with Crippen molar-refractivity contribution in [2.24, 2.45) is 0 Å². The summed E-state index contributed by atoms with van der Waals surface area (Å²) in [5.74, 6) is 0.405. The predicted molar refractivity (Wildman–Crippen MR) is 118 cm³/mol. The van der Waals surface area contributed by atoms with Crippen molar-refractivity contribution in [3.8, 4) is 11.8 Å². The van der Waals surface area contributed by atoms with Gasteiger partial charge in [-0.05, 0) is 11.6 Å². The molecule has 29 heavy (non-hydrogen) atoms. The maximum absolute atomic E-state index is 12.2. The molecule has 1 aromatic heterocycles. The van der Waals surface area contributed by atoms with Gasteiger partial charge in [0.2, 0.25) is 5.91 Å². The van der Waals surface area contributed by atoms with Gasteiger partial charge in [0, 0.05) is 44.8 Å². The van der Waals surface area contributed by atoms with Crippen molar-refractivity contribution < 1.29 is 14.3 Å². The quantitative estimate of drug-likeness (QED) is 0.498. The van der Waals surface area contributed by atoms with Crippen LogP contribution in [-0.4, -0.2) is 38.3 Å². The van der Waals surface area contributed by atoms with Crippen LogP contribution in [0.5, 0.6) is 5.75 Å². The third-order valence-corrected chi connectivity index (χ3v) is 7.42. The van der Waals surface area contributed by atoms with Crippen LogP contribution in [-0.2, 0) is 29.1 Å². The standard InChI is InChI=1S/C20H25Cl2N3O3Si/c1-29(2,3)9-8-27-12-25-15-4-6-24-17(26)10-13(15)18-16(28-7-5-23)11-14(21)19(22)20(18)25/h11H,4,6-10,12H2,1-3H3,(H,24,26). The van der Waals surface area contributed by atoms with Crippen molar-refractivity contribution in [2.45, 2.75) is 45.3 Å². The van der Waals surface area contributed by atoms with Crippen molar-refractivity contribution in [1.82, 2.24) is 9.88 Å². The summed E-state index contributed by atoms with van der Waals surface area (Å²) < 4.78 is 13.7. The molecular weight excluding hydrogens is 429 g/mol. The van der Waals surface area contributed by atoms with Gasteiger partial charge in [-0.25, -0.2) is 0 Å². The second kappa shape index (κ2) is 8.96. The van der Waals surface area contributed by atoms with Gasteiger partial charge in [0.15, 0.2) is 6.61 Å². The lowest BCUT2D eigenvalue weighted by Gasteiger charge is -2.17. The topological polar surface area (TPSA) is 76.3 Å². The summed E-state index contributed by atoms with van der Waals surface area (Å²) in [6.45, 7) is 8.32. The number of benzene rings is 1. The summed E-state index contributed by atoms with van der Waals surface area (Å²) >= 11 is 13.0. The lowest BCUT2D eigenvalue weighted by Crippen LogP contribution is -2.24. The van der Waals surface area contributed by atoms with Crippen molar-refractivity contribution in [1.29, 1.82) is 5.26 Å². The van der Waals surface area contributed by atoms with Crippen molar-refractivity contribution in [2.75, 3.05) is 19.8 Å². The summed E-state index contributed by atoms with van der Waals surface area (Å²) in [5, 5.41) is 13.3. The third kappa shape index (κ3) is 4.89. The van der Waals surface area contributed by atoms with Crippen LogP contribution >= 0.6 is 23.2 Å². The molecule has 0 unspecified atom stereocenters. The van der Waals surface area contributed by atoms with Crippen molar-refractivity contribution in [3.63, 3.8) is 0 Å². The summed E-state index contributed by atoms with van der Waals surface area (Å²) in [4.78, 5) is 12.2. The van der Waals surface area contributed by atoms with Crippen LogP contribution in [0.15, 0.2) is 6.07 Å². The van der Waals surface area contributed by atoms with Crippen molar-refractivity contribution in [3.05, 3.63) is 27.4 Å². The van der Waals surface area contributed by atoms with E-state index in [-0.39, 0.29) is 18.9 Å². The van der Waals surface area contributed by atoms with Crippen LogP contribution in [0, 0.1) is 11.3 Å². The smallest absolute Gasteiger partial charge is 0.224 e. The van der Waals surface area contributed by atoms with Gasteiger partial charge in [0.05, 0.1) is 22.0 Å². The molecule has 1 aromatic carbocycles. The number of hydrogen-bond donors (Lipinski definition) is 1. The van der Waals surface area contributed by atoms with E-state index in [1.54, 1.807) is 6.07 Å². The zero-order valence-electron chi connectivity index (χ0n) is 16.9. The zero-order chi connectivity index (χ0) is 21.2. The highest BCUT2D eigenvalue weighted by molar-refractivity contribution is 6.76. The molecule has 0 saturated heterocycles. The maximum Gasteiger partial charge on any atom is 0.224 e. The molecule has 156 valence electrons. The third-order valence-electron chi connectivity index (χ3n) is 4.93. The predicted octanol–water partition coefficient (Wildman–Crippen LogP) is 4.38. The SMILES string of the molecule is C[Si](C)(C)CCOCn1c2c(c3c(OCC#N)cc(Cl)c(Cl)c31)CC(=O)NCC2. The van der Waals surface area contributed by atoms with Gasteiger partial charge in [0.25, 0.3) is 0 Å². The molecule has 0 spiro atoms. The van der Waals surface area contributed by atoms with Gasteiger partial charge < -0.3 is 19.4 Å². The number of rotatable bonds is 7. The lowest BCUT2D eigenvalue weighted by atomic mass is 10.1. The van der Waals surface area contributed by atoms with E-state index >= 15 is 0 Å². The van der Waals surface area contributed by atoms with E-state index in [4.69, 9.17) is 37.9 Å². The number of amides is 1. The fraction of sp³-hybridized carbons (Fsp3) is 0.500. The van der Waals surface area contributed by atoms with Crippen molar-refractivity contribution >= 4 is 48.1 Å². The van der Waals surface area contributed by atoms with Crippen LogP contribution in [0.25, 0.3) is 10.9 Å². The minimum absolute atomic E-state index is 0.0558. The van der Waals surface area contributed by atoms with Gasteiger partial charge in [-0.3, -0.25) is 4.79 Å². The molecule has 0 fully saturated rings. The number of halogens is 2. The second-order valence-corrected chi connectivity index (χ2v) is 14.7. The number of fused-ring (bicyclic) bond motifs is 3. The van der Waals surface area contributed by atoms with Gasteiger partial charge in [-0.1, -0.05) is 42.8 Å². The Bertz CT molecular complexity index is 976. The van der Waals surface area contributed by atoms with Crippen LogP contribution < -0.4 is 10.1 Å².